The highest BCUT2D eigenvalue weighted by Crippen LogP contribution is 2.67. The van der Waals surface area contributed by atoms with Crippen LogP contribution in [0.2, 0.25) is 0 Å². The molecule has 3 aliphatic carbocycles. The average Bonchev–Trinajstić information content (AvgIpc) is 3.05. The minimum atomic E-state index is -0.798. The summed E-state index contributed by atoms with van der Waals surface area (Å²) in [4.78, 5) is 12.5. The van der Waals surface area contributed by atoms with Crippen LogP contribution in [0.25, 0.3) is 0 Å². The fraction of sp³-hybridized carbons (Fsp3) is 0.850. The van der Waals surface area contributed by atoms with Crippen molar-refractivity contribution >= 4 is 5.78 Å². The van der Waals surface area contributed by atoms with Crippen molar-refractivity contribution in [3.05, 3.63) is 11.6 Å². The van der Waals surface area contributed by atoms with E-state index in [2.05, 4.69) is 0 Å². The molecular weight excluding hydrogens is 320 g/mol. The number of methoxy groups -OCH3 is 2. The molecule has 2 saturated carbocycles. The number of rotatable bonds is 4. The first-order chi connectivity index (χ1) is 11.6. The fourth-order valence-electron chi connectivity index (χ4n) is 4.93. The largest absolute Gasteiger partial charge is 0.376 e. The molecule has 0 amide bonds. The number of carbonyl (C=O) groups is 1. The molecule has 0 N–H and O–H groups in total. The minimum absolute atomic E-state index is 0.132. The summed E-state index contributed by atoms with van der Waals surface area (Å²) in [7, 11) is 3.39. The molecule has 140 valence electrons. The summed E-state index contributed by atoms with van der Waals surface area (Å²) in [6.07, 6.45) is 5.03. The topological polar surface area (TPSA) is 54.0 Å². The molecule has 5 heteroatoms. The molecule has 25 heavy (non-hydrogen) atoms. The van der Waals surface area contributed by atoms with Crippen molar-refractivity contribution in [1.82, 2.24) is 0 Å². The number of carbonyl (C=O) groups excluding carboxylic acids is 1. The monoisotopic (exact) mass is 350 g/mol. The number of ether oxygens (including phenoxy) is 4. The zero-order valence-corrected chi connectivity index (χ0v) is 16.2. The predicted molar refractivity (Wildman–Crippen MR) is 92.1 cm³/mol. The minimum Gasteiger partial charge on any atom is -0.376 e. The molecule has 0 aromatic rings. The quantitative estimate of drug-likeness (QED) is 0.780. The first-order valence-electron chi connectivity index (χ1n) is 9.34. The van der Waals surface area contributed by atoms with Crippen LogP contribution in [0.4, 0.5) is 0 Å². The molecule has 4 aliphatic rings. The summed E-state index contributed by atoms with van der Waals surface area (Å²) in [6.45, 7) is 8.06. The fourth-order valence-corrected chi connectivity index (χ4v) is 4.93. The molecule has 4 rings (SSSR count). The maximum atomic E-state index is 12.5. The van der Waals surface area contributed by atoms with Gasteiger partial charge in [-0.3, -0.25) is 4.79 Å². The highest BCUT2D eigenvalue weighted by atomic mass is 16.8. The van der Waals surface area contributed by atoms with Gasteiger partial charge in [-0.15, -0.1) is 0 Å². The van der Waals surface area contributed by atoms with Gasteiger partial charge in [0.1, 0.15) is 12.2 Å². The second kappa shape index (κ2) is 5.16. The van der Waals surface area contributed by atoms with Gasteiger partial charge < -0.3 is 18.9 Å². The van der Waals surface area contributed by atoms with Gasteiger partial charge in [0.05, 0.1) is 11.2 Å². The van der Waals surface area contributed by atoms with Gasteiger partial charge in [0, 0.05) is 26.1 Å². The van der Waals surface area contributed by atoms with Gasteiger partial charge in [-0.25, -0.2) is 0 Å². The van der Waals surface area contributed by atoms with Crippen molar-refractivity contribution in [2.45, 2.75) is 82.6 Å². The van der Waals surface area contributed by atoms with Crippen LogP contribution in [0, 0.1) is 11.3 Å². The van der Waals surface area contributed by atoms with E-state index in [9.17, 15) is 4.79 Å². The lowest BCUT2D eigenvalue weighted by Gasteiger charge is -2.38. The van der Waals surface area contributed by atoms with Crippen LogP contribution in [0.1, 0.15) is 53.4 Å². The summed E-state index contributed by atoms with van der Waals surface area (Å²) in [5.74, 6) is -0.237. The van der Waals surface area contributed by atoms with Crippen molar-refractivity contribution in [2.24, 2.45) is 11.3 Å². The molecular formula is C20H30O5. The van der Waals surface area contributed by atoms with Gasteiger partial charge in [-0.1, -0.05) is 0 Å². The van der Waals surface area contributed by atoms with E-state index in [0.717, 1.165) is 31.3 Å². The predicted octanol–water partition coefficient (Wildman–Crippen LogP) is 3.02. The molecule has 5 nitrogen and oxygen atoms in total. The number of ketones is 1. The summed E-state index contributed by atoms with van der Waals surface area (Å²) < 4.78 is 24.7. The first kappa shape index (κ1) is 17.7. The van der Waals surface area contributed by atoms with Gasteiger partial charge in [-0.05, 0) is 64.5 Å². The molecule has 0 radical (unpaired) electrons. The van der Waals surface area contributed by atoms with Crippen molar-refractivity contribution in [1.29, 1.82) is 0 Å². The van der Waals surface area contributed by atoms with E-state index >= 15 is 0 Å². The Hall–Kier alpha value is -0.750. The lowest BCUT2D eigenvalue weighted by atomic mass is 9.87. The Bertz CT molecular complexity index is 604. The van der Waals surface area contributed by atoms with Gasteiger partial charge in [0.2, 0.25) is 0 Å². The van der Waals surface area contributed by atoms with Gasteiger partial charge in [-0.2, -0.15) is 0 Å². The second-order valence-electron chi connectivity index (χ2n) is 9.16. The highest BCUT2D eigenvalue weighted by Gasteiger charge is 2.69. The Labute approximate surface area is 150 Å². The SMILES string of the molecule is COC(C)(C)[C@@H]1OC2(CC[C@@H]3C2=CC(=O)C32CC2)O[C@H]1C(C)(C)OC. The van der Waals surface area contributed by atoms with E-state index in [-0.39, 0.29) is 29.3 Å². The average molecular weight is 350 g/mol. The second-order valence-corrected chi connectivity index (χ2v) is 9.16. The van der Waals surface area contributed by atoms with Crippen LogP contribution < -0.4 is 0 Å². The molecule has 1 heterocycles. The summed E-state index contributed by atoms with van der Waals surface area (Å²) in [5, 5.41) is 0. The Morgan fingerprint density at radius 2 is 1.52 bits per heavy atom. The molecule has 0 unspecified atom stereocenters. The molecule has 3 atom stereocenters. The van der Waals surface area contributed by atoms with E-state index in [4.69, 9.17) is 18.9 Å². The van der Waals surface area contributed by atoms with Crippen LogP contribution in [0.5, 0.6) is 0 Å². The van der Waals surface area contributed by atoms with Crippen LogP contribution in [0.3, 0.4) is 0 Å². The zero-order valence-electron chi connectivity index (χ0n) is 16.2. The smallest absolute Gasteiger partial charge is 0.192 e. The van der Waals surface area contributed by atoms with E-state index in [1.165, 1.54) is 0 Å². The Balaban J connectivity index is 1.71. The highest BCUT2D eigenvalue weighted by molar-refractivity contribution is 6.01. The number of allylic oxidation sites excluding steroid dienone is 1. The molecule has 0 aromatic carbocycles. The molecule has 0 aromatic heterocycles. The summed E-state index contributed by atoms with van der Waals surface area (Å²) in [6, 6.07) is 0. The van der Waals surface area contributed by atoms with Crippen molar-refractivity contribution in [3.63, 3.8) is 0 Å². The molecule has 1 saturated heterocycles. The summed E-state index contributed by atoms with van der Waals surface area (Å²) >= 11 is 0. The van der Waals surface area contributed by atoms with Gasteiger partial charge in [0.15, 0.2) is 11.6 Å². The lowest BCUT2D eigenvalue weighted by molar-refractivity contribution is -0.171. The van der Waals surface area contributed by atoms with Crippen molar-refractivity contribution in [2.75, 3.05) is 14.2 Å². The molecule has 0 bridgehead atoms. The first-order valence-corrected chi connectivity index (χ1v) is 9.34. The van der Waals surface area contributed by atoms with E-state index in [1.54, 1.807) is 14.2 Å². The van der Waals surface area contributed by atoms with Gasteiger partial charge >= 0.3 is 0 Å². The van der Waals surface area contributed by atoms with E-state index < -0.39 is 17.0 Å². The third-order valence-electron chi connectivity index (χ3n) is 7.14. The molecule has 2 spiro atoms. The third-order valence-corrected chi connectivity index (χ3v) is 7.14. The number of hydrogen-bond acceptors (Lipinski definition) is 5. The van der Waals surface area contributed by atoms with Crippen LogP contribution in [0.15, 0.2) is 11.6 Å². The molecule has 3 fully saturated rings. The van der Waals surface area contributed by atoms with Crippen molar-refractivity contribution in [3.8, 4) is 0 Å². The maximum absolute atomic E-state index is 12.5. The third kappa shape index (κ3) is 2.25. The van der Waals surface area contributed by atoms with Gasteiger partial charge in [0.25, 0.3) is 0 Å². The maximum Gasteiger partial charge on any atom is 0.192 e. The Kier molecular flexibility index (Phi) is 3.64. The van der Waals surface area contributed by atoms with Crippen molar-refractivity contribution < 1.29 is 23.7 Å². The van der Waals surface area contributed by atoms with Crippen LogP contribution in [-0.4, -0.2) is 49.2 Å². The number of hydrogen-bond donors (Lipinski definition) is 0. The normalized spacial score (nSPS) is 35.5. The summed E-state index contributed by atoms with van der Waals surface area (Å²) in [5.41, 5.74) is -0.126. The standard InChI is InChI=1S/C20H30O5/c1-17(2,22-5)15-16(18(3,4)23-6)25-20(24-15)8-7-12-13(20)11-14(21)19(12)9-10-19/h11-12,15-16H,7-10H2,1-6H3/t12-,15-,16-/m1/s1. The van der Waals surface area contributed by atoms with Crippen LogP contribution >= 0.6 is 0 Å². The van der Waals surface area contributed by atoms with E-state index in [0.29, 0.717) is 0 Å². The number of fused-ring (bicyclic) bond motifs is 3. The van der Waals surface area contributed by atoms with E-state index in [1.807, 2.05) is 33.8 Å². The zero-order chi connectivity index (χ0) is 18.3. The Morgan fingerprint density at radius 1 is 1.00 bits per heavy atom. The Morgan fingerprint density at radius 3 is 1.96 bits per heavy atom. The van der Waals surface area contributed by atoms with Crippen LogP contribution in [-0.2, 0) is 23.7 Å². The molecule has 1 aliphatic heterocycles. The lowest BCUT2D eigenvalue weighted by Crippen LogP contribution is -2.53.